The van der Waals surface area contributed by atoms with Gasteiger partial charge in [0.25, 0.3) is 5.91 Å². The first-order valence-electron chi connectivity index (χ1n) is 7.91. The second kappa shape index (κ2) is 7.55. The Morgan fingerprint density at radius 3 is 3.09 bits per heavy atom. The van der Waals surface area contributed by atoms with E-state index >= 15 is 0 Å². The lowest BCUT2D eigenvalue weighted by molar-refractivity contribution is 0.0682. The van der Waals surface area contributed by atoms with Crippen LogP contribution in [0.4, 0.5) is 0 Å². The summed E-state index contributed by atoms with van der Waals surface area (Å²) in [6, 6.07) is 8.04. The number of likely N-dealkylation sites (tertiary alicyclic amines) is 1. The van der Waals surface area contributed by atoms with E-state index in [-0.39, 0.29) is 5.91 Å². The van der Waals surface area contributed by atoms with E-state index in [2.05, 4.69) is 18.0 Å². The van der Waals surface area contributed by atoms with Gasteiger partial charge in [0.2, 0.25) is 0 Å². The molecule has 1 aromatic rings. The lowest BCUT2D eigenvalue weighted by atomic mass is 9.99. The zero-order valence-electron chi connectivity index (χ0n) is 13.0. The first-order valence-corrected chi connectivity index (χ1v) is 9.88. The molecule has 0 spiro atoms. The van der Waals surface area contributed by atoms with Crippen molar-refractivity contribution in [3.05, 3.63) is 35.4 Å². The van der Waals surface area contributed by atoms with Gasteiger partial charge in [-0.15, -0.1) is 0 Å². The molecule has 1 amide bonds. The Bertz CT molecular complexity index is 574. The molecule has 2 aliphatic rings. The minimum atomic E-state index is 0.198. The van der Waals surface area contributed by atoms with Crippen molar-refractivity contribution in [2.24, 2.45) is 10.9 Å². The van der Waals surface area contributed by atoms with Crippen molar-refractivity contribution in [3.63, 3.8) is 0 Å². The monoisotopic (exact) mass is 334 g/mol. The van der Waals surface area contributed by atoms with Crippen LogP contribution in [0, 0.1) is 5.92 Å². The summed E-state index contributed by atoms with van der Waals surface area (Å²) < 4.78 is 1.16. The number of carbonyl (C=O) groups is 1. The number of hydrogen-bond acceptors (Lipinski definition) is 4. The molecule has 2 heterocycles. The molecule has 0 N–H and O–H groups in total. The van der Waals surface area contributed by atoms with E-state index in [1.807, 2.05) is 34.9 Å². The first-order chi connectivity index (χ1) is 10.7. The van der Waals surface area contributed by atoms with Crippen LogP contribution in [0.3, 0.4) is 0 Å². The van der Waals surface area contributed by atoms with Crippen LogP contribution in [-0.2, 0) is 5.75 Å². The largest absolute Gasteiger partial charge is 0.338 e. The smallest absolute Gasteiger partial charge is 0.254 e. The van der Waals surface area contributed by atoms with Gasteiger partial charge in [0.15, 0.2) is 0 Å². The van der Waals surface area contributed by atoms with Gasteiger partial charge in [0.05, 0.1) is 6.54 Å². The second-order valence-electron chi connectivity index (χ2n) is 5.94. The zero-order chi connectivity index (χ0) is 15.4. The summed E-state index contributed by atoms with van der Waals surface area (Å²) in [6.45, 7) is 4.95. The third kappa shape index (κ3) is 3.87. The van der Waals surface area contributed by atoms with Gasteiger partial charge in [0, 0.05) is 30.2 Å². The molecule has 1 unspecified atom stereocenters. The minimum Gasteiger partial charge on any atom is -0.338 e. The highest BCUT2D eigenvalue weighted by atomic mass is 32.2. The van der Waals surface area contributed by atoms with Crippen LogP contribution in [0.5, 0.6) is 0 Å². The van der Waals surface area contributed by atoms with Crippen molar-refractivity contribution in [2.75, 3.05) is 25.4 Å². The number of hydrogen-bond donors (Lipinski definition) is 0. The molecule has 1 fully saturated rings. The van der Waals surface area contributed by atoms with Gasteiger partial charge in [0.1, 0.15) is 4.38 Å². The van der Waals surface area contributed by atoms with Crippen LogP contribution >= 0.6 is 23.5 Å². The third-order valence-corrected chi connectivity index (χ3v) is 6.40. The maximum atomic E-state index is 12.8. The van der Waals surface area contributed by atoms with Gasteiger partial charge in [-0.1, -0.05) is 48.6 Å². The van der Waals surface area contributed by atoms with Crippen molar-refractivity contribution in [3.8, 4) is 0 Å². The molecule has 1 aromatic carbocycles. The molecule has 0 radical (unpaired) electrons. The summed E-state index contributed by atoms with van der Waals surface area (Å²) in [5.41, 5.74) is 2.00. The number of thioether (sulfide) groups is 2. The normalized spacial score (nSPS) is 21.8. The third-order valence-electron chi connectivity index (χ3n) is 4.10. The van der Waals surface area contributed by atoms with Crippen molar-refractivity contribution >= 4 is 33.8 Å². The second-order valence-corrected chi connectivity index (χ2v) is 8.25. The van der Waals surface area contributed by atoms with Crippen molar-refractivity contribution in [2.45, 2.75) is 25.5 Å². The van der Waals surface area contributed by atoms with Crippen LogP contribution in [-0.4, -0.2) is 40.6 Å². The number of nitrogens with zero attached hydrogens (tertiary/aromatic N) is 2. The maximum absolute atomic E-state index is 12.8. The summed E-state index contributed by atoms with van der Waals surface area (Å²) >= 11 is 3.58. The van der Waals surface area contributed by atoms with Crippen molar-refractivity contribution in [1.29, 1.82) is 0 Å². The molecule has 2 aliphatic heterocycles. The fourth-order valence-corrected chi connectivity index (χ4v) is 4.95. The average molecular weight is 335 g/mol. The number of amides is 1. The SMILES string of the molecule is CC1CCCN(C(=O)c2ccccc2CSC2=NCCS2)C1. The van der Waals surface area contributed by atoms with Crippen molar-refractivity contribution in [1.82, 2.24) is 4.90 Å². The highest BCUT2D eigenvalue weighted by Crippen LogP contribution is 2.27. The van der Waals surface area contributed by atoms with E-state index in [1.165, 1.54) is 6.42 Å². The number of benzene rings is 1. The Balaban J connectivity index is 1.70. The Hall–Kier alpha value is -0.940. The summed E-state index contributed by atoms with van der Waals surface area (Å²) in [5, 5.41) is 0. The first kappa shape index (κ1) is 15.9. The van der Waals surface area contributed by atoms with E-state index < -0.39 is 0 Å². The molecule has 1 atom stereocenters. The van der Waals surface area contributed by atoms with Gasteiger partial charge in [-0.2, -0.15) is 0 Å². The highest BCUT2D eigenvalue weighted by Gasteiger charge is 2.23. The predicted octanol–water partition coefficient (Wildman–Crippen LogP) is 3.89. The molecular weight excluding hydrogens is 312 g/mol. The quantitative estimate of drug-likeness (QED) is 0.840. The number of carbonyl (C=O) groups excluding carboxylic acids is 1. The molecule has 0 aromatic heterocycles. The maximum Gasteiger partial charge on any atom is 0.254 e. The summed E-state index contributed by atoms with van der Waals surface area (Å²) in [6.07, 6.45) is 2.36. The van der Waals surface area contributed by atoms with Gasteiger partial charge >= 0.3 is 0 Å². The number of piperidine rings is 1. The van der Waals surface area contributed by atoms with Crippen LogP contribution in [0.25, 0.3) is 0 Å². The van der Waals surface area contributed by atoms with Gasteiger partial charge in [-0.05, 0) is 30.4 Å². The zero-order valence-corrected chi connectivity index (χ0v) is 14.6. The van der Waals surface area contributed by atoms with Crippen LogP contribution in [0.2, 0.25) is 0 Å². The lowest BCUT2D eigenvalue weighted by Gasteiger charge is -2.31. The Morgan fingerprint density at radius 1 is 1.45 bits per heavy atom. The Kier molecular flexibility index (Phi) is 5.47. The van der Waals surface area contributed by atoms with Gasteiger partial charge in [-0.3, -0.25) is 9.79 Å². The van der Waals surface area contributed by atoms with E-state index in [0.717, 1.165) is 53.1 Å². The summed E-state index contributed by atoms with van der Waals surface area (Å²) in [7, 11) is 0. The van der Waals surface area contributed by atoms with Crippen LogP contribution in [0.1, 0.15) is 35.7 Å². The topological polar surface area (TPSA) is 32.7 Å². The van der Waals surface area contributed by atoms with E-state index in [4.69, 9.17) is 0 Å². The Labute approximate surface area is 140 Å². The number of rotatable bonds is 3. The van der Waals surface area contributed by atoms with E-state index in [9.17, 15) is 4.79 Å². The molecule has 0 saturated carbocycles. The summed E-state index contributed by atoms with van der Waals surface area (Å²) in [4.78, 5) is 19.3. The predicted molar refractivity (Wildman–Crippen MR) is 96.8 cm³/mol. The molecular formula is C17H22N2OS2. The Morgan fingerprint density at radius 2 is 2.32 bits per heavy atom. The standard InChI is InChI=1S/C17H22N2OS2/c1-13-5-4-9-19(11-13)16(20)15-7-3-2-6-14(15)12-22-17-18-8-10-21-17/h2-3,6-7,13H,4-5,8-12H2,1H3. The van der Waals surface area contributed by atoms with E-state index in [0.29, 0.717) is 5.92 Å². The fraction of sp³-hybridized carbons (Fsp3) is 0.529. The molecule has 1 saturated heterocycles. The summed E-state index contributed by atoms with van der Waals surface area (Å²) in [5.74, 6) is 2.73. The molecule has 5 heteroatoms. The molecule has 0 aliphatic carbocycles. The van der Waals surface area contributed by atoms with Gasteiger partial charge < -0.3 is 4.90 Å². The molecule has 22 heavy (non-hydrogen) atoms. The molecule has 3 nitrogen and oxygen atoms in total. The van der Waals surface area contributed by atoms with Crippen LogP contribution < -0.4 is 0 Å². The fourth-order valence-electron chi connectivity index (χ4n) is 2.94. The van der Waals surface area contributed by atoms with Crippen LogP contribution in [0.15, 0.2) is 29.3 Å². The molecule has 0 bridgehead atoms. The van der Waals surface area contributed by atoms with Gasteiger partial charge in [-0.25, -0.2) is 0 Å². The molecule has 118 valence electrons. The van der Waals surface area contributed by atoms with E-state index in [1.54, 1.807) is 11.8 Å². The lowest BCUT2D eigenvalue weighted by Crippen LogP contribution is -2.39. The minimum absolute atomic E-state index is 0.198. The highest BCUT2D eigenvalue weighted by molar-refractivity contribution is 8.38. The van der Waals surface area contributed by atoms with Crippen molar-refractivity contribution < 1.29 is 4.79 Å². The average Bonchev–Trinajstić information content (AvgIpc) is 3.06. The number of aliphatic imine (C=N–C) groups is 1. The molecule has 3 rings (SSSR count).